The van der Waals surface area contributed by atoms with Gasteiger partial charge in [0, 0.05) is 6.61 Å². The van der Waals surface area contributed by atoms with Crippen LogP contribution in [0.3, 0.4) is 0 Å². The van der Waals surface area contributed by atoms with Crippen LogP contribution in [0.2, 0.25) is 0 Å². The molecule has 8 heteroatoms. The van der Waals surface area contributed by atoms with E-state index < -0.39 is 26.9 Å². The highest BCUT2D eigenvalue weighted by molar-refractivity contribution is 7.90. The van der Waals surface area contributed by atoms with Crippen molar-refractivity contribution >= 4 is 16.0 Å². The molecule has 2 N–H and O–H groups in total. The van der Waals surface area contributed by atoms with Crippen LogP contribution in [0.1, 0.15) is 42.7 Å². The molecule has 7 nitrogen and oxygen atoms in total. The van der Waals surface area contributed by atoms with Crippen molar-refractivity contribution in [2.24, 2.45) is 4.99 Å². The second-order valence-corrected chi connectivity index (χ2v) is 9.14. The summed E-state index contributed by atoms with van der Waals surface area (Å²) < 4.78 is 39.8. The number of benzene rings is 2. The number of amidine groups is 1. The van der Waals surface area contributed by atoms with Gasteiger partial charge >= 0.3 is 0 Å². The first-order valence-corrected chi connectivity index (χ1v) is 10.9. The number of aliphatic hydroxyl groups is 1. The van der Waals surface area contributed by atoms with Gasteiger partial charge in [0.2, 0.25) is 10.0 Å². The van der Waals surface area contributed by atoms with E-state index in [4.69, 9.17) is 9.47 Å². The molecule has 1 saturated heterocycles. The van der Waals surface area contributed by atoms with Gasteiger partial charge in [0.15, 0.2) is 0 Å². The van der Waals surface area contributed by atoms with Crippen LogP contribution in [0.15, 0.2) is 59.6 Å². The lowest BCUT2D eigenvalue weighted by Gasteiger charge is -2.39. The predicted octanol–water partition coefficient (Wildman–Crippen LogP) is 2.94. The van der Waals surface area contributed by atoms with E-state index >= 15 is 0 Å². The zero-order chi connectivity index (χ0) is 21.1. The lowest BCUT2D eigenvalue weighted by Crippen LogP contribution is -2.53. The molecule has 156 valence electrons. The van der Waals surface area contributed by atoms with Crippen LogP contribution in [0.4, 0.5) is 0 Å². The number of sulfonamides is 1. The summed E-state index contributed by atoms with van der Waals surface area (Å²) >= 11 is 0. The van der Waals surface area contributed by atoms with Crippen molar-refractivity contribution in [2.45, 2.75) is 37.2 Å². The molecule has 1 unspecified atom stereocenters. The molecule has 0 aromatic heterocycles. The summed E-state index contributed by atoms with van der Waals surface area (Å²) in [4.78, 5) is 4.47. The van der Waals surface area contributed by atoms with E-state index in [-0.39, 0.29) is 12.6 Å². The summed E-state index contributed by atoms with van der Waals surface area (Å²) in [6.07, 6.45) is 0.348. The third kappa shape index (κ3) is 4.71. The number of hydrogen-bond donors (Lipinski definition) is 2. The maximum absolute atomic E-state index is 13.1. The summed E-state index contributed by atoms with van der Waals surface area (Å²) in [5.74, 6) is 0.644. The Morgan fingerprint density at radius 1 is 1.17 bits per heavy atom. The quantitative estimate of drug-likeness (QED) is 0.752. The third-order valence-corrected chi connectivity index (χ3v) is 6.73. The Bertz CT molecular complexity index is 956. The van der Waals surface area contributed by atoms with Crippen LogP contribution >= 0.6 is 0 Å². The number of hydrogen-bond acceptors (Lipinski definition) is 6. The Hall–Kier alpha value is -2.58. The van der Waals surface area contributed by atoms with E-state index in [1.807, 2.05) is 30.3 Å². The number of ether oxygens (including phenoxy) is 2. The van der Waals surface area contributed by atoms with E-state index in [0.717, 1.165) is 5.56 Å². The molecule has 0 amide bonds. The average molecular weight is 419 g/mol. The van der Waals surface area contributed by atoms with Gasteiger partial charge in [0.05, 0.1) is 13.2 Å². The lowest BCUT2D eigenvalue weighted by molar-refractivity contribution is 0.0758. The summed E-state index contributed by atoms with van der Waals surface area (Å²) in [5, 5.41) is 8.48. The monoisotopic (exact) mass is 418 g/mol. The van der Waals surface area contributed by atoms with Crippen molar-refractivity contribution in [2.75, 3.05) is 13.7 Å². The molecule has 1 aliphatic heterocycles. The van der Waals surface area contributed by atoms with Crippen LogP contribution in [-0.2, 0) is 14.8 Å². The van der Waals surface area contributed by atoms with E-state index in [1.165, 1.54) is 0 Å². The van der Waals surface area contributed by atoms with Gasteiger partial charge in [0.1, 0.15) is 16.6 Å². The molecular weight excluding hydrogens is 392 g/mol. The number of rotatable bonds is 6. The second kappa shape index (κ2) is 8.42. The molecule has 1 aliphatic rings. The topological polar surface area (TPSA) is 97.2 Å². The van der Waals surface area contributed by atoms with Gasteiger partial charge in [-0.1, -0.05) is 42.5 Å². The number of aliphatic hydroxyl groups excluding tert-OH is 1. The number of nitrogens with zero attached hydrogens (tertiary/aromatic N) is 1. The van der Waals surface area contributed by atoms with E-state index in [9.17, 15) is 13.5 Å². The number of methoxy groups -OCH3 is 1. The van der Waals surface area contributed by atoms with Gasteiger partial charge in [-0.15, -0.1) is 0 Å². The summed E-state index contributed by atoms with van der Waals surface area (Å²) in [6, 6.07) is 15.8. The Morgan fingerprint density at radius 3 is 2.38 bits per heavy atom. The minimum Gasteiger partial charge on any atom is -0.497 e. The molecule has 1 heterocycles. The normalized spacial score (nSPS) is 22.3. The lowest BCUT2D eigenvalue weighted by atomic mass is 9.97. The first-order valence-electron chi connectivity index (χ1n) is 9.35. The van der Waals surface area contributed by atoms with Crippen molar-refractivity contribution in [1.82, 2.24) is 4.72 Å². The Balaban J connectivity index is 1.93. The van der Waals surface area contributed by atoms with Crippen LogP contribution in [0.5, 0.6) is 5.75 Å². The molecule has 2 atom stereocenters. The van der Waals surface area contributed by atoms with Crippen LogP contribution < -0.4 is 9.46 Å². The van der Waals surface area contributed by atoms with Gasteiger partial charge in [-0.05, 0) is 43.5 Å². The number of aliphatic imine (C=N–C) groups is 1. The van der Waals surface area contributed by atoms with E-state index in [1.54, 1.807) is 45.2 Å². The zero-order valence-corrected chi connectivity index (χ0v) is 17.5. The largest absolute Gasteiger partial charge is 0.497 e. The maximum atomic E-state index is 13.1. The van der Waals surface area contributed by atoms with E-state index in [0.29, 0.717) is 17.7 Å². The number of nitrogens with one attached hydrogen (secondary N) is 1. The van der Waals surface area contributed by atoms with Crippen LogP contribution in [0, 0.1) is 0 Å². The highest BCUT2D eigenvalue weighted by Gasteiger charge is 2.48. The fourth-order valence-electron chi connectivity index (χ4n) is 3.53. The molecule has 2 aromatic carbocycles. The highest BCUT2D eigenvalue weighted by Crippen LogP contribution is 2.39. The van der Waals surface area contributed by atoms with E-state index in [2.05, 4.69) is 9.71 Å². The summed E-state index contributed by atoms with van der Waals surface area (Å²) in [5.41, 5.74) is 0.405. The molecule has 0 saturated carbocycles. The van der Waals surface area contributed by atoms with Crippen molar-refractivity contribution in [3.8, 4) is 5.75 Å². The molecule has 0 bridgehead atoms. The second-order valence-electron chi connectivity index (χ2n) is 7.38. The first kappa shape index (κ1) is 21.1. The smallest absolute Gasteiger partial charge is 0.299 e. The van der Waals surface area contributed by atoms with Crippen molar-refractivity contribution in [3.63, 3.8) is 0 Å². The van der Waals surface area contributed by atoms with Crippen molar-refractivity contribution < 1.29 is 23.0 Å². The standard InChI is InChI=1S/C21H26N2O5S/c1-21(2)19(16-9-11-17(27-3)12-10-16)29(25,26)23-20(28-21)22-18(13-14-24)15-7-5-4-6-8-15/h4-12,18-19,24H,13-14H2,1-3H3,(H,22,23)/t18-,19?/m0/s1. The molecule has 29 heavy (non-hydrogen) atoms. The highest BCUT2D eigenvalue weighted by atomic mass is 32.2. The third-order valence-electron chi connectivity index (χ3n) is 4.81. The Labute approximate surface area is 171 Å². The molecule has 0 spiro atoms. The van der Waals surface area contributed by atoms with Crippen LogP contribution in [0.25, 0.3) is 0 Å². The van der Waals surface area contributed by atoms with Gasteiger partial charge in [-0.3, -0.25) is 0 Å². The molecule has 3 rings (SSSR count). The Kier molecular flexibility index (Phi) is 6.14. The van der Waals surface area contributed by atoms with Crippen LogP contribution in [-0.4, -0.2) is 38.9 Å². The minimum atomic E-state index is -3.80. The molecule has 2 aromatic rings. The Morgan fingerprint density at radius 2 is 1.83 bits per heavy atom. The zero-order valence-electron chi connectivity index (χ0n) is 16.7. The molecule has 0 radical (unpaired) electrons. The predicted molar refractivity (Wildman–Crippen MR) is 111 cm³/mol. The summed E-state index contributed by atoms with van der Waals surface area (Å²) in [7, 11) is -2.25. The summed E-state index contributed by atoms with van der Waals surface area (Å²) in [6.45, 7) is 3.36. The minimum absolute atomic E-state index is 0.0675. The fraction of sp³-hybridized carbons (Fsp3) is 0.381. The van der Waals surface area contributed by atoms with Gasteiger partial charge in [0.25, 0.3) is 6.02 Å². The molecular formula is C21H26N2O5S. The van der Waals surface area contributed by atoms with Gasteiger partial charge in [-0.2, -0.15) is 0 Å². The van der Waals surface area contributed by atoms with Gasteiger partial charge < -0.3 is 14.6 Å². The molecule has 0 aliphatic carbocycles. The van der Waals surface area contributed by atoms with Crippen molar-refractivity contribution in [3.05, 3.63) is 65.7 Å². The first-order chi connectivity index (χ1) is 13.8. The van der Waals surface area contributed by atoms with Crippen molar-refractivity contribution in [1.29, 1.82) is 0 Å². The fourth-order valence-corrected chi connectivity index (χ4v) is 5.30. The maximum Gasteiger partial charge on any atom is 0.299 e. The van der Waals surface area contributed by atoms with Gasteiger partial charge in [-0.25, -0.2) is 18.1 Å². The average Bonchev–Trinajstić information content (AvgIpc) is 2.67. The molecule has 1 fully saturated rings. The SMILES string of the molecule is COc1ccc(C2C(C)(C)OC(=N[C@@H](CCO)c3ccccc3)NS2(=O)=O)cc1.